The van der Waals surface area contributed by atoms with Crippen LogP contribution in [0.4, 0.5) is 0 Å². The van der Waals surface area contributed by atoms with Crippen molar-refractivity contribution in [2.75, 3.05) is 0 Å². The number of nitrogens with zero attached hydrogens (tertiary/aromatic N) is 1. The lowest BCUT2D eigenvalue weighted by molar-refractivity contribution is 0.104. The van der Waals surface area contributed by atoms with Crippen molar-refractivity contribution in [3.05, 3.63) is 99.2 Å². The van der Waals surface area contributed by atoms with Gasteiger partial charge in [-0.1, -0.05) is 30.8 Å². The monoisotopic (exact) mass is 415 g/mol. The van der Waals surface area contributed by atoms with E-state index in [2.05, 4.69) is 6.58 Å². The first-order valence-electron chi connectivity index (χ1n) is 9.55. The number of hydrogen-bond acceptors (Lipinski definition) is 4. The Hall–Kier alpha value is -3.44. The van der Waals surface area contributed by atoms with E-state index in [1.54, 1.807) is 6.20 Å². The van der Waals surface area contributed by atoms with Crippen molar-refractivity contribution < 1.29 is 9.53 Å². The summed E-state index contributed by atoms with van der Waals surface area (Å²) in [5.74, 6) is 1.05. The highest BCUT2D eigenvalue weighted by Gasteiger charge is 2.18. The molecule has 4 nitrogen and oxygen atoms in total. The van der Waals surface area contributed by atoms with Gasteiger partial charge in [-0.3, -0.25) is 9.59 Å². The number of ketones is 1. The largest absolute Gasteiger partial charge is 0.455 e. The summed E-state index contributed by atoms with van der Waals surface area (Å²) < 4.78 is 8.75. The van der Waals surface area contributed by atoms with Gasteiger partial charge in [0.1, 0.15) is 5.75 Å². The van der Waals surface area contributed by atoms with Gasteiger partial charge in [-0.25, -0.2) is 0 Å². The fourth-order valence-corrected chi connectivity index (χ4v) is 4.34. The minimum absolute atomic E-state index is 0.0967. The molecule has 0 saturated heterocycles. The summed E-state index contributed by atoms with van der Waals surface area (Å²) in [6.45, 7) is 9.55. The second-order valence-electron chi connectivity index (χ2n) is 7.24. The Balaban J connectivity index is 1.99. The lowest BCUT2D eigenvalue weighted by Gasteiger charge is -2.18. The quantitative estimate of drug-likeness (QED) is 0.291. The number of benzene rings is 2. The molecule has 2 heterocycles. The molecule has 5 heteroatoms. The summed E-state index contributed by atoms with van der Waals surface area (Å²) >= 11 is 1.32. The van der Waals surface area contributed by atoms with Gasteiger partial charge < -0.3 is 9.30 Å². The average Bonchev–Trinajstić information content (AvgIpc) is 3.22. The Bertz CT molecular complexity index is 1340. The van der Waals surface area contributed by atoms with E-state index < -0.39 is 5.78 Å². The lowest BCUT2D eigenvalue weighted by atomic mass is 10.1. The fraction of sp³-hybridized carbons (Fsp3) is 0.120. The van der Waals surface area contributed by atoms with E-state index in [0.717, 1.165) is 33.6 Å². The summed E-state index contributed by atoms with van der Waals surface area (Å²) in [5.41, 5.74) is 4.43. The molecule has 0 unspecified atom stereocenters. The van der Waals surface area contributed by atoms with Gasteiger partial charge in [0.15, 0.2) is 11.5 Å². The number of rotatable bonds is 5. The molecule has 0 atom stereocenters. The molecule has 0 bridgehead atoms. The third kappa shape index (κ3) is 3.37. The molecule has 2 aromatic heterocycles. The average molecular weight is 416 g/mol. The van der Waals surface area contributed by atoms with Gasteiger partial charge in [0, 0.05) is 6.20 Å². The molecule has 0 aliphatic rings. The number of carbonyl (C=O) groups excluding carboxylic acids is 1. The number of ether oxygens (including phenoxy) is 1. The summed E-state index contributed by atoms with van der Waals surface area (Å²) in [4.78, 5) is 25.2. The number of aryl methyl sites for hydroxylation is 3. The second-order valence-corrected chi connectivity index (χ2v) is 8.16. The minimum Gasteiger partial charge on any atom is -0.455 e. The fourth-order valence-electron chi connectivity index (χ4n) is 3.50. The number of pyridine rings is 1. The van der Waals surface area contributed by atoms with Crippen LogP contribution in [-0.2, 0) is 0 Å². The van der Waals surface area contributed by atoms with E-state index in [1.165, 1.54) is 17.4 Å². The summed E-state index contributed by atoms with van der Waals surface area (Å²) in [7, 11) is 0. The highest BCUT2D eigenvalue weighted by atomic mass is 32.1. The Morgan fingerprint density at radius 3 is 2.53 bits per heavy atom. The topological polar surface area (TPSA) is 48.3 Å². The van der Waals surface area contributed by atoms with Crippen LogP contribution in [0.1, 0.15) is 27.0 Å². The first-order chi connectivity index (χ1) is 14.4. The smallest absolute Gasteiger partial charge is 0.210 e. The van der Waals surface area contributed by atoms with E-state index in [-0.39, 0.29) is 11.0 Å². The third-order valence-electron chi connectivity index (χ3n) is 5.06. The van der Waals surface area contributed by atoms with E-state index >= 15 is 0 Å². The van der Waals surface area contributed by atoms with Crippen LogP contribution < -0.4 is 10.2 Å². The van der Waals surface area contributed by atoms with Crippen LogP contribution in [0.5, 0.6) is 11.5 Å². The van der Waals surface area contributed by atoms with Gasteiger partial charge in [0.25, 0.3) is 0 Å². The zero-order valence-corrected chi connectivity index (χ0v) is 17.9. The van der Waals surface area contributed by atoms with E-state index in [4.69, 9.17) is 4.74 Å². The van der Waals surface area contributed by atoms with Crippen molar-refractivity contribution in [3.63, 3.8) is 0 Å². The predicted octanol–water partition coefficient (Wildman–Crippen LogP) is 6.14. The maximum absolute atomic E-state index is 12.8. The van der Waals surface area contributed by atoms with Gasteiger partial charge in [-0.2, -0.15) is 0 Å². The van der Waals surface area contributed by atoms with Gasteiger partial charge in [0.2, 0.25) is 5.43 Å². The minimum atomic E-state index is -0.395. The van der Waals surface area contributed by atoms with Crippen molar-refractivity contribution in [2.24, 2.45) is 0 Å². The first-order valence-corrected chi connectivity index (χ1v) is 10.4. The molecule has 0 aliphatic carbocycles. The van der Waals surface area contributed by atoms with Crippen LogP contribution in [0.25, 0.3) is 15.9 Å². The molecule has 0 amide bonds. The molecule has 0 aliphatic heterocycles. The molecule has 150 valence electrons. The van der Waals surface area contributed by atoms with Gasteiger partial charge in [-0.15, -0.1) is 11.3 Å². The molecule has 30 heavy (non-hydrogen) atoms. The maximum Gasteiger partial charge on any atom is 0.210 e. The first kappa shape index (κ1) is 19.9. The van der Waals surface area contributed by atoms with Crippen LogP contribution >= 0.6 is 11.3 Å². The second kappa shape index (κ2) is 7.76. The number of allylic oxidation sites excluding steroid dienone is 1. The van der Waals surface area contributed by atoms with Crippen molar-refractivity contribution in [1.82, 2.24) is 4.57 Å². The van der Waals surface area contributed by atoms with Crippen molar-refractivity contribution >= 4 is 27.3 Å². The van der Waals surface area contributed by atoms with Crippen molar-refractivity contribution in [2.45, 2.75) is 20.8 Å². The Morgan fingerprint density at radius 1 is 1.10 bits per heavy atom. The normalized spacial score (nSPS) is 10.9. The molecule has 4 rings (SSSR count). The number of carbonyl (C=O) groups is 1. The van der Waals surface area contributed by atoms with Gasteiger partial charge in [0.05, 0.1) is 21.5 Å². The summed E-state index contributed by atoms with van der Waals surface area (Å²) in [6, 6.07) is 13.8. The highest BCUT2D eigenvalue weighted by Crippen LogP contribution is 2.35. The van der Waals surface area contributed by atoms with Crippen LogP contribution in [0.3, 0.4) is 0 Å². The van der Waals surface area contributed by atoms with Gasteiger partial charge in [-0.05, 0) is 67.1 Å². The van der Waals surface area contributed by atoms with E-state index in [9.17, 15) is 9.59 Å². The molecule has 0 radical (unpaired) electrons. The Kier molecular flexibility index (Phi) is 5.14. The number of aromatic nitrogens is 1. The molecule has 0 saturated carbocycles. The van der Waals surface area contributed by atoms with E-state index in [0.29, 0.717) is 10.4 Å². The number of para-hydroxylation sites is 1. The van der Waals surface area contributed by atoms with Gasteiger partial charge >= 0.3 is 0 Å². The molecular formula is C25H21NO3S. The number of fused-ring (bicyclic) bond motifs is 1. The maximum atomic E-state index is 12.8. The molecule has 0 fully saturated rings. The molecule has 0 N–H and O–H groups in total. The Morgan fingerprint density at radius 2 is 1.83 bits per heavy atom. The molecule has 2 aromatic carbocycles. The summed E-state index contributed by atoms with van der Waals surface area (Å²) in [5, 5.41) is 1.85. The molecule has 0 spiro atoms. The SMILES string of the molecule is C=CC(=O)c1cn(-c2cc(C)ccc2Oc2c(C)cccc2C)c2ccsc2c1=O. The van der Waals surface area contributed by atoms with Crippen LogP contribution in [0.2, 0.25) is 0 Å². The number of thiophene rings is 1. The molecular weight excluding hydrogens is 394 g/mol. The zero-order valence-electron chi connectivity index (χ0n) is 17.1. The van der Waals surface area contributed by atoms with E-state index in [1.807, 2.05) is 73.2 Å². The highest BCUT2D eigenvalue weighted by molar-refractivity contribution is 7.17. The standard InChI is InChI=1S/C25H21NO3S/c1-5-21(27)18-14-26(19-11-12-30-25(19)23(18)28)20-13-15(2)9-10-22(20)29-24-16(3)7-6-8-17(24)4/h5-14H,1H2,2-4H3. The van der Waals surface area contributed by atoms with Crippen LogP contribution in [0.15, 0.2) is 71.5 Å². The summed E-state index contributed by atoms with van der Waals surface area (Å²) in [6.07, 6.45) is 2.76. The Labute approximate surface area is 178 Å². The lowest BCUT2D eigenvalue weighted by Crippen LogP contribution is -2.16. The van der Waals surface area contributed by atoms with Crippen molar-refractivity contribution in [3.8, 4) is 17.2 Å². The number of hydrogen-bond donors (Lipinski definition) is 0. The third-order valence-corrected chi connectivity index (χ3v) is 5.96. The predicted molar refractivity (Wildman–Crippen MR) is 123 cm³/mol. The van der Waals surface area contributed by atoms with Crippen LogP contribution in [0, 0.1) is 20.8 Å². The molecule has 4 aromatic rings. The van der Waals surface area contributed by atoms with Crippen LogP contribution in [-0.4, -0.2) is 10.4 Å². The zero-order chi connectivity index (χ0) is 21.4. The van der Waals surface area contributed by atoms with Crippen molar-refractivity contribution in [1.29, 1.82) is 0 Å².